The number of aromatic nitrogens is 1. The summed E-state index contributed by atoms with van der Waals surface area (Å²) >= 11 is 2.48. The fraction of sp³-hybridized carbons (Fsp3) is 0.167. The third-order valence-electron chi connectivity index (χ3n) is 1.33. The van der Waals surface area contributed by atoms with Crippen LogP contribution in [0.4, 0.5) is 17.6 Å². The van der Waals surface area contributed by atoms with Crippen LogP contribution in [-0.4, -0.2) is 19.8 Å². The summed E-state index contributed by atoms with van der Waals surface area (Å²) < 4.78 is 72.9. The first kappa shape index (κ1) is 14.5. The van der Waals surface area contributed by atoms with Gasteiger partial charge >= 0.3 is 6.36 Å². The van der Waals surface area contributed by atoms with Gasteiger partial charge in [-0.1, -0.05) is 0 Å². The Morgan fingerprint density at radius 2 is 1.94 bits per heavy atom. The molecule has 0 aliphatic heterocycles. The number of hydrogen-bond acceptors (Lipinski definition) is 4. The highest BCUT2D eigenvalue weighted by atomic mass is 79.9. The van der Waals surface area contributed by atoms with Crippen molar-refractivity contribution >= 4 is 35.7 Å². The minimum Gasteiger partial charge on any atom is -0.388 e. The molecule has 0 unspecified atom stereocenters. The largest absolute Gasteiger partial charge is 0.574 e. The van der Waals surface area contributed by atoms with E-state index in [2.05, 4.69) is 25.7 Å². The summed E-state index contributed by atoms with van der Waals surface area (Å²) in [6.07, 6.45) is -5.07. The van der Waals surface area contributed by atoms with Crippen LogP contribution in [0, 0.1) is 5.82 Å². The molecule has 17 heavy (non-hydrogen) atoms. The van der Waals surface area contributed by atoms with E-state index in [1.807, 2.05) is 0 Å². The average Bonchev–Trinajstić information content (AvgIpc) is 1.94. The van der Waals surface area contributed by atoms with Crippen LogP contribution in [0.15, 0.2) is 15.6 Å². The lowest BCUT2D eigenvalue weighted by Gasteiger charge is -2.09. The Labute approximate surface area is 105 Å². The predicted molar refractivity (Wildman–Crippen MR) is 51.6 cm³/mol. The number of nitrogens with zero attached hydrogens (tertiary/aromatic N) is 1. The van der Waals surface area contributed by atoms with Crippen LogP contribution in [0.25, 0.3) is 0 Å². The Hall–Kier alpha value is -0.610. The van der Waals surface area contributed by atoms with Crippen molar-refractivity contribution in [2.24, 2.45) is 0 Å². The third kappa shape index (κ3) is 3.96. The van der Waals surface area contributed by atoms with E-state index >= 15 is 0 Å². The van der Waals surface area contributed by atoms with Crippen molar-refractivity contribution in [2.45, 2.75) is 11.3 Å². The molecule has 0 aliphatic rings. The van der Waals surface area contributed by atoms with E-state index in [0.29, 0.717) is 0 Å². The van der Waals surface area contributed by atoms with Crippen LogP contribution in [0.5, 0.6) is 5.88 Å². The summed E-state index contributed by atoms with van der Waals surface area (Å²) in [5.41, 5.74) is 0. The number of ether oxygens (including phenoxy) is 1. The van der Waals surface area contributed by atoms with Gasteiger partial charge in [0.15, 0.2) is 10.7 Å². The quantitative estimate of drug-likeness (QED) is 0.463. The Kier molecular flexibility index (Phi) is 3.89. The van der Waals surface area contributed by atoms with Crippen LogP contribution in [0.3, 0.4) is 0 Å². The molecule has 0 spiro atoms. The molecule has 1 rings (SSSR count). The fourth-order valence-electron chi connectivity index (χ4n) is 0.840. The summed E-state index contributed by atoms with van der Waals surface area (Å²) in [4.78, 5) is 2.00. The van der Waals surface area contributed by atoms with Gasteiger partial charge in [0.1, 0.15) is 4.60 Å². The maximum atomic E-state index is 13.2. The van der Waals surface area contributed by atoms with Gasteiger partial charge in [0.2, 0.25) is 5.88 Å². The lowest BCUT2D eigenvalue weighted by Crippen LogP contribution is -2.18. The van der Waals surface area contributed by atoms with Gasteiger partial charge in [0.25, 0.3) is 9.05 Å². The minimum atomic E-state index is -5.07. The van der Waals surface area contributed by atoms with Crippen LogP contribution in [0.2, 0.25) is 0 Å². The summed E-state index contributed by atoms with van der Waals surface area (Å²) in [5, 5.41) is 0. The van der Waals surface area contributed by atoms with Crippen molar-refractivity contribution in [3.8, 4) is 5.88 Å². The standard InChI is InChI=1S/C6HBrClF4NO3S/c7-5-4(17(8,14)15)2(9)1-3(13-5)16-6(10,11)12/h1H. The third-order valence-corrected chi connectivity index (χ3v) is 3.50. The van der Waals surface area contributed by atoms with Crippen LogP contribution in [-0.2, 0) is 9.05 Å². The van der Waals surface area contributed by atoms with Crippen molar-refractivity contribution in [3.63, 3.8) is 0 Å². The fourth-order valence-corrected chi connectivity index (χ4v) is 3.10. The van der Waals surface area contributed by atoms with Gasteiger partial charge in [0.05, 0.1) is 0 Å². The van der Waals surface area contributed by atoms with Crippen LogP contribution < -0.4 is 4.74 Å². The van der Waals surface area contributed by atoms with Crippen molar-refractivity contribution in [1.82, 2.24) is 4.98 Å². The Morgan fingerprint density at radius 3 is 2.29 bits per heavy atom. The Balaban J connectivity index is 3.29. The highest BCUT2D eigenvalue weighted by molar-refractivity contribution is 9.10. The molecule has 1 aromatic rings. The van der Waals surface area contributed by atoms with E-state index in [1.54, 1.807) is 0 Å². The normalized spacial score (nSPS) is 12.6. The van der Waals surface area contributed by atoms with Gasteiger partial charge in [-0.2, -0.15) is 0 Å². The Bertz CT molecular complexity index is 524. The van der Waals surface area contributed by atoms with Gasteiger partial charge < -0.3 is 4.74 Å². The van der Waals surface area contributed by atoms with E-state index in [-0.39, 0.29) is 6.07 Å². The van der Waals surface area contributed by atoms with Crippen molar-refractivity contribution in [2.75, 3.05) is 0 Å². The summed E-state index contributed by atoms with van der Waals surface area (Å²) in [6.45, 7) is 0. The van der Waals surface area contributed by atoms with E-state index in [1.165, 1.54) is 0 Å². The first-order valence-corrected chi connectivity index (χ1v) is 6.67. The molecule has 0 aromatic carbocycles. The van der Waals surface area contributed by atoms with Gasteiger partial charge in [0, 0.05) is 16.7 Å². The van der Waals surface area contributed by atoms with E-state index in [4.69, 9.17) is 10.7 Å². The molecule has 11 heteroatoms. The molecule has 0 fully saturated rings. The molecule has 96 valence electrons. The van der Waals surface area contributed by atoms with Crippen molar-refractivity contribution in [3.05, 3.63) is 16.5 Å². The number of halogens is 6. The number of alkyl halides is 3. The van der Waals surface area contributed by atoms with Gasteiger partial charge in [-0.25, -0.2) is 17.8 Å². The molecule has 0 N–H and O–H groups in total. The molecule has 1 heterocycles. The zero-order chi connectivity index (χ0) is 13.4. The van der Waals surface area contributed by atoms with Crippen LogP contribution >= 0.6 is 26.6 Å². The summed E-state index contributed by atoms with van der Waals surface area (Å²) in [6, 6.07) is 0.160. The average molecular weight is 358 g/mol. The lowest BCUT2D eigenvalue weighted by atomic mass is 10.4. The van der Waals surface area contributed by atoms with Gasteiger partial charge in [-0.15, -0.1) is 13.2 Å². The lowest BCUT2D eigenvalue weighted by molar-refractivity contribution is -0.276. The summed E-state index contributed by atoms with van der Waals surface area (Å²) in [5.74, 6) is -2.66. The van der Waals surface area contributed by atoms with E-state index in [9.17, 15) is 26.0 Å². The maximum absolute atomic E-state index is 13.2. The zero-order valence-corrected chi connectivity index (χ0v) is 10.6. The molecule has 0 atom stereocenters. The SMILES string of the molecule is O=S(=O)(Cl)c1c(F)cc(OC(F)(F)F)nc1Br. The van der Waals surface area contributed by atoms with E-state index < -0.39 is 36.6 Å². The molecule has 0 radical (unpaired) electrons. The first-order chi connectivity index (χ1) is 7.50. The topological polar surface area (TPSA) is 56.3 Å². The molecule has 1 aromatic heterocycles. The molecule has 0 saturated carbocycles. The Morgan fingerprint density at radius 1 is 1.41 bits per heavy atom. The molecule has 0 amide bonds. The molecular formula is C6HBrClF4NO3S. The second-order valence-electron chi connectivity index (χ2n) is 2.55. The second-order valence-corrected chi connectivity index (χ2v) is 5.80. The molecular weight excluding hydrogens is 357 g/mol. The highest BCUT2D eigenvalue weighted by Crippen LogP contribution is 2.31. The molecule has 0 aliphatic carbocycles. The van der Waals surface area contributed by atoms with Crippen LogP contribution in [0.1, 0.15) is 0 Å². The van der Waals surface area contributed by atoms with E-state index in [0.717, 1.165) is 0 Å². The number of hydrogen-bond donors (Lipinski definition) is 0. The monoisotopic (exact) mass is 357 g/mol. The first-order valence-electron chi connectivity index (χ1n) is 3.57. The predicted octanol–water partition coefficient (Wildman–Crippen LogP) is 2.81. The maximum Gasteiger partial charge on any atom is 0.574 e. The number of rotatable bonds is 2. The summed E-state index contributed by atoms with van der Waals surface area (Å²) in [7, 11) is 0.380. The van der Waals surface area contributed by atoms with Crippen molar-refractivity contribution < 1.29 is 30.7 Å². The van der Waals surface area contributed by atoms with Gasteiger partial charge in [-0.3, -0.25) is 0 Å². The number of pyridine rings is 1. The van der Waals surface area contributed by atoms with Crippen molar-refractivity contribution in [1.29, 1.82) is 0 Å². The van der Waals surface area contributed by atoms with Gasteiger partial charge in [-0.05, 0) is 15.9 Å². The second kappa shape index (κ2) is 4.58. The zero-order valence-electron chi connectivity index (χ0n) is 7.43. The molecule has 4 nitrogen and oxygen atoms in total. The minimum absolute atomic E-state index is 0.160. The molecule has 0 bridgehead atoms. The highest BCUT2D eigenvalue weighted by Gasteiger charge is 2.33. The smallest absolute Gasteiger partial charge is 0.388 e. The molecule has 0 saturated heterocycles.